The molecule has 1 unspecified atom stereocenters. The van der Waals surface area contributed by atoms with Gasteiger partial charge in [-0.15, -0.1) is 0 Å². The number of benzene rings is 1. The summed E-state index contributed by atoms with van der Waals surface area (Å²) in [7, 11) is 0. The number of rotatable bonds is 9. The maximum absolute atomic E-state index is 11.5. The minimum absolute atomic E-state index is 0.540. The molecule has 1 atom stereocenters. The van der Waals surface area contributed by atoms with Gasteiger partial charge in [-0.05, 0) is 43.9 Å². The van der Waals surface area contributed by atoms with Crippen LogP contribution in [0.5, 0.6) is 5.75 Å². The van der Waals surface area contributed by atoms with Crippen molar-refractivity contribution in [2.75, 3.05) is 0 Å². The molecule has 0 aromatic heterocycles. The fourth-order valence-electron chi connectivity index (χ4n) is 2.14. The van der Waals surface area contributed by atoms with E-state index in [2.05, 4.69) is 13.8 Å². The second-order valence-corrected chi connectivity index (χ2v) is 5.45. The Bertz CT molecular complexity index is 411. The zero-order chi connectivity index (χ0) is 15.0. The Balaban J connectivity index is 2.66. The summed E-state index contributed by atoms with van der Waals surface area (Å²) in [4.78, 5) is 11.5. The third-order valence-electron chi connectivity index (χ3n) is 3.63. The number of carboxylic acid groups (broad SMARTS) is 1. The van der Waals surface area contributed by atoms with Crippen LogP contribution < -0.4 is 4.74 Å². The average Bonchev–Trinajstić information content (AvgIpc) is 2.44. The van der Waals surface area contributed by atoms with Gasteiger partial charge in [-0.3, -0.25) is 0 Å². The van der Waals surface area contributed by atoms with Crippen LogP contribution in [0.2, 0.25) is 0 Å². The Labute approximate surface area is 122 Å². The van der Waals surface area contributed by atoms with E-state index in [-0.39, 0.29) is 0 Å². The molecule has 0 aliphatic rings. The molecule has 0 saturated heterocycles. The third kappa shape index (κ3) is 4.87. The highest BCUT2D eigenvalue weighted by Crippen LogP contribution is 2.24. The first-order chi connectivity index (χ1) is 9.51. The average molecular weight is 278 g/mol. The first kappa shape index (κ1) is 16.5. The first-order valence-electron chi connectivity index (χ1n) is 7.53. The molecule has 0 spiro atoms. The lowest BCUT2D eigenvalue weighted by Crippen LogP contribution is -2.41. The van der Waals surface area contributed by atoms with Crippen molar-refractivity contribution in [2.45, 2.75) is 64.9 Å². The molecular weight excluding hydrogens is 252 g/mol. The first-order valence-corrected chi connectivity index (χ1v) is 7.53. The highest BCUT2D eigenvalue weighted by atomic mass is 16.5. The molecule has 0 bridgehead atoms. The zero-order valence-corrected chi connectivity index (χ0v) is 12.8. The number of carbonyl (C=O) groups is 1. The minimum Gasteiger partial charge on any atom is -0.478 e. The summed E-state index contributed by atoms with van der Waals surface area (Å²) in [5.74, 6) is -0.267. The van der Waals surface area contributed by atoms with E-state index >= 15 is 0 Å². The molecule has 1 aromatic carbocycles. The lowest BCUT2D eigenvalue weighted by atomic mass is 9.97. The third-order valence-corrected chi connectivity index (χ3v) is 3.63. The highest BCUT2D eigenvalue weighted by Gasteiger charge is 2.34. The predicted octanol–water partition coefficient (Wildman–Crippen LogP) is 4.44. The van der Waals surface area contributed by atoms with Gasteiger partial charge in [0.05, 0.1) is 0 Å². The van der Waals surface area contributed by atoms with Gasteiger partial charge in [0.2, 0.25) is 5.60 Å². The smallest absolute Gasteiger partial charge is 0.347 e. The predicted molar refractivity (Wildman–Crippen MR) is 81.2 cm³/mol. The van der Waals surface area contributed by atoms with E-state index in [1.807, 2.05) is 24.3 Å². The fourth-order valence-corrected chi connectivity index (χ4v) is 2.14. The van der Waals surface area contributed by atoms with E-state index in [1.165, 1.54) is 5.56 Å². The molecule has 0 aliphatic heterocycles. The zero-order valence-electron chi connectivity index (χ0n) is 12.8. The SMILES string of the molecule is CCCCCCC(C)(Oc1ccc(CC)cc1)C(=O)O. The highest BCUT2D eigenvalue weighted by molar-refractivity contribution is 5.77. The molecule has 1 rings (SSSR count). The number of hydrogen-bond acceptors (Lipinski definition) is 2. The monoisotopic (exact) mass is 278 g/mol. The van der Waals surface area contributed by atoms with Gasteiger partial charge >= 0.3 is 5.97 Å². The quantitative estimate of drug-likeness (QED) is 0.679. The molecule has 112 valence electrons. The summed E-state index contributed by atoms with van der Waals surface area (Å²) in [5.41, 5.74) is 0.0823. The van der Waals surface area contributed by atoms with E-state index < -0.39 is 11.6 Å². The Morgan fingerprint density at radius 1 is 1.15 bits per heavy atom. The number of hydrogen-bond donors (Lipinski definition) is 1. The topological polar surface area (TPSA) is 46.5 Å². The number of ether oxygens (including phenoxy) is 1. The Hall–Kier alpha value is -1.51. The van der Waals surface area contributed by atoms with Gasteiger partial charge < -0.3 is 9.84 Å². The van der Waals surface area contributed by atoms with Gasteiger partial charge in [-0.2, -0.15) is 0 Å². The van der Waals surface area contributed by atoms with Crippen molar-refractivity contribution in [2.24, 2.45) is 0 Å². The molecule has 1 aromatic rings. The van der Waals surface area contributed by atoms with Crippen molar-refractivity contribution in [3.8, 4) is 5.75 Å². The number of aliphatic carboxylic acids is 1. The standard InChI is InChI=1S/C17H26O3/c1-4-6-7-8-13-17(3,16(18)19)20-15-11-9-14(5-2)10-12-15/h9-12H,4-8,13H2,1-3H3,(H,18,19). The summed E-state index contributed by atoms with van der Waals surface area (Å²) in [5, 5.41) is 9.43. The molecule has 0 amide bonds. The summed E-state index contributed by atoms with van der Waals surface area (Å²) in [6.45, 7) is 5.89. The molecular formula is C17H26O3. The second kappa shape index (κ2) is 7.93. The van der Waals surface area contributed by atoms with Crippen LogP contribution in [-0.2, 0) is 11.2 Å². The van der Waals surface area contributed by atoms with Crippen molar-refractivity contribution in [3.63, 3.8) is 0 Å². The van der Waals surface area contributed by atoms with Gasteiger partial charge in [-0.25, -0.2) is 4.79 Å². The molecule has 3 heteroatoms. The van der Waals surface area contributed by atoms with Crippen LogP contribution in [0.1, 0.15) is 58.4 Å². The summed E-state index contributed by atoms with van der Waals surface area (Å²) in [6.07, 6.45) is 5.72. The molecule has 1 N–H and O–H groups in total. The van der Waals surface area contributed by atoms with Crippen LogP contribution in [-0.4, -0.2) is 16.7 Å². The van der Waals surface area contributed by atoms with Crippen molar-refractivity contribution < 1.29 is 14.6 Å². The van der Waals surface area contributed by atoms with E-state index in [1.54, 1.807) is 6.92 Å². The molecule has 3 nitrogen and oxygen atoms in total. The largest absolute Gasteiger partial charge is 0.478 e. The summed E-state index contributed by atoms with van der Waals surface area (Å²) >= 11 is 0. The Morgan fingerprint density at radius 3 is 2.30 bits per heavy atom. The minimum atomic E-state index is -1.14. The van der Waals surface area contributed by atoms with Crippen molar-refractivity contribution in [3.05, 3.63) is 29.8 Å². The van der Waals surface area contributed by atoms with E-state index in [4.69, 9.17) is 4.74 Å². The lowest BCUT2D eigenvalue weighted by Gasteiger charge is -2.26. The Kier molecular flexibility index (Phi) is 6.56. The normalized spacial score (nSPS) is 13.8. The Morgan fingerprint density at radius 2 is 1.80 bits per heavy atom. The van der Waals surface area contributed by atoms with Crippen molar-refractivity contribution in [1.29, 1.82) is 0 Å². The van der Waals surface area contributed by atoms with Gasteiger partial charge in [0.25, 0.3) is 0 Å². The number of aryl methyl sites for hydroxylation is 1. The summed E-state index contributed by atoms with van der Waals surface area (Å²) in [6, 6.07) is 7.67. The van der Waals surface area contributed by atoms with Crippen LogP contribution in [0.3, 0.4) is 0 Å². The van der Waals surface area contributed by atoms with Crippen LogP contribution in [0, 0.1) is 0 Å². The maximum atomic E-state index is 11.5. The van der Waals surface area contributed by atoms with Crippen LogP contribution in [0.25, 0.3) is 0 Å². The van der Waals surface area contributed by atoms with Crippen molar-refractivity contribution >= 4 is 5.97 Å². The second-order valence-electron chi connectivity index (χ2n) is 5.45. The van der Waals surface area contributed by atoms with Crippen LogP contribution in [0.4, 0.5) is 0 Å². The molecule has 20 heavy (non-hydrogen) atoms. The fraction of sp³-hybridized carbons (Fsp3) is 0.588. The number of unbranched alkanes of at least 4 members (excludes halogenated alkanes) is 3. The molecule has 0 aliphatic carbocycles. The molecule has 0 fully saturated rings. The van der Waals surface area contributed by atoms with E-state index in [0.29, 0.717) is 12.2 Å². The molecule has 0 radical (unpaired) electrons. The molecule has 0 heterocycles. The molecule has 0 saturated carbocycles. The van der Waals surface area contributed by atoms with Gasteiger partial charge in [-0.1, -0.05) is 45.2 Å². The maximum Gasteiger partial charge on any atom is 0.347 e. The van der Waals surface area contributed by atoms with Crippen LogP contribution >= 0.6 is 0 Å². The van der Waals surface area contributed by atoms with Gasteiger partial charge in [0.15, 0.2) is 0 Å². The van der Waals surface area contributed by atoms with Crippen LogP contribution in [0.15, 0.2) is 24.3 Å². The number of carboxylic acids is 1. The van der Waals surface area contributed by atoms with Gasteiger partial charge in [0, 0.05) is 0 Å². The van der Waals surface area contributed by atoms with E-state index in [0.717, 1.165) is 32.1 Å². The summed E-state index contributed by atoms with van der Waals surface area (Å²) < 4.78 is 5.74. The lowest BCUT2D eigenvalue weighted by molar-refractivity contribution is -0.154. The van der Waals surface area contributed by atoms with Gasteiger partial charge in [0.1, 0.15) is 5.75 Å². The van der Waals surface area contributed by atoms with E-state index in [9.17, 15) is 9.90 Å². The van der Waals surface area contributed by atoms with Crippen molar-refractivity contribution in [1.82, 2.24) is 0 Å².